The van der Waals surface area contributed by atoms with Gasteiger partial charge < -0.3 is 0 Å². The minimum absolute atomic E-state index is 0.328. The molecule has 6 atom stereocenters. The zero-order chi connectivity index (χ0) is 14.0. The van der Waals surface area contributed by atoms with Crippen LogP contribution in [0.15, 0.2) is 12.2 Å². The largest absolute Gasteiger partial charge is 0.299 e. The summed E-state index contributed by atoms with van der Waals surface area (Å²) in [4.78, 5) is 12.9. The van der Waals surface area contributed by atoms with Crippen LogP contribution in [-0.4, -0.2) is 5.78 Å². The molecule has 4 aliphatic carbocycles. The fourth-order valence-electron chi connectivity index (χ4n) is 6.45. The van der Waals surface area contributed by atoms with Crippen molar-refractivity contribution < 1.29 is 4.79 Å². The third kappa shape index (κ3) is 1.58. The van der Waals surface area contributed by atoms with E-state index >= 15 is 0 Å². The molecule has 3 saturated carbocycles. The summed E-state index contributed by atoms with van der Waals surface area (Å²) in [7, 11) is 0. The molecule has 110 valence electrons. The number of hydrogen-bond donors (Lipinski definition) is 0. The van der Waals surface area contributed by atoms with Gasteiger partial charge in [-0.2, -0.15) is 0 Å². The van der Waals surface area contributed by atoms with E-state index in [1.54, 1.807) is 0 Å². The van der Waals surface area contributed by atoms with E-state index in [0.29, 0.717) is 40.3 Å². The van der Waals surface area contributed by atoms with Crippen LogP contribution < -0.4 is 0 Å². The number of fused-ring (bicyclic) bond motifs is 5. The van der Waals surface area contributed by atoms with Gasteiger partial charge in [0.1, 0.15) is 5.78 Å². The first-order valence-electron chi connectivity index (χ1n) is 8.75. The van der Waals surface area contributed by atoms with Crippen molar-refractivity contribution >= 4 is 5.78 Å². The average Bonchev–Trinajstić information content (AvgIpc) is 2.81. The van der Waals surface area contributed by atoms with Gasteiger partial charge in [0.15, 0.2) is 0 Å². The summed E-state index contributed by atoms with van der Waals surface area (Å²) in [5.74, 6) is 3.01. The monoisotopic (exact) mass is 272 g/mol. The standard InChI is InChI=1S/C19H28O/c1-18-9-5-7-14(18)17-15(8-11-18)19(2)10-4-3-6-13(19)12-16(17)20/h5,9,13-15,17H,3-4,6-8,10-12H2,1-2H3/t13?,14-,15-,17-,18-,19-/m0/s1. The van der Waals surface area contributed by atoms with Crippen LogP contribution in [0.2, 0.25) is 0 Å². The number of carbonyl (C=O) groups excluding carboxylic acids is 1. The van der Waals surface area contributed by atoms with Crippen LogP contribution in [0.3, 0.4) is 0 Å². The highest BCUT2D eigenvalue weighted by Gasteiger charge is 2.59. The molecule has 4 rings (SSSR count). The molecule has 0 radical (unpaired) electrons. The Kier molecular flexibility index (Phi) is 2.76. The first-order chi connectivity index (χ1) is 9.55. The van der Waals surface area contributed by atoms with Gasteiger partial charge in [0.05, 0.1) is 0 Å². The molecule has 0 bridgehead atoms. The molecule has 1 unspecified atom stereocenters. The van der Waals surface area contributed by atoms with Gasteiger partial charge in [-0.25, -0.2) is 0 Å². The van der Waals surface area contributed by atoms with Crippen LogP contribution in [0.5, 0.6) is 0 Å². The minimum atomic E-state index is 0.328. The Labute approximate surface area is 123 Å². The van der Waals surface area contributed by atoms with E-state index in [4.69, 9.17) is 0 Å². The predicted octanol–water partition coefficient (Wildman–Crippen LogP) is 4.76. The summed E-state index contributed by atoms with van der Waals surface area (Å²) < 4.78 is 0. The van der Waals surface area contributed by atoms with Crippen LogP contribution in [0.4, 0.5) is 0 Å². The van der Waals surface area contributed by atoms with Gasteiger partial charge in [-0.05, 0) is 60.7 Å². The lowest BCUT2D eigenvalue weighted by molar-refractivity contribution is -0.152. The number of carbonyl (C=O) groups is 1. The van der Waals surface area contributed by atoms with E-state index in [9.17, 15) is 4.79 Å². The molecule has 20 heavy (non-hydrogen) atoms. The third-order valence-electron chi connectivity index (χ3n) is 7.71. The molecule has 0 aliphatic heterocycles. The van der Waals surface area contributed by atoms with E-state index in [1.165, 1.54) is 38.5 Å². The predicted molar refractivity (Wildman–Crippen MR) is 81.3 cm³/mol. The summed E-state index contributed by atoms with van der Waals surface area (Å²) in [6, 6.07) is 0. The maximum absolute atomic E-state index is 12.9. The van der Waals surface area contributed by atoms with Crippen molar-refractivity contribution in [1.29, 1.82) is 0 Å². The number of allylic oxidation sites excluding steroid dienone is 2. The number of ketones is 1. The van der Waals surface area contributed by atoms with Gasteiger partial charge in [0, 0.05) is 12.3 Å². The summed E-state index contributed by atoms with van der Waals surface area (Å²) in [6.07, 6.45) is 14.9. The molecule has 1 nitrogen and oxygen atoms in total. The van der Waals surface area contributed by atoms with Crippen LogP contribution in [0.25, 0.3) is 0 Å². The molecule has 0 aromatic heterocycles. The van der Waals surface area contributed by atoms with Crippen molar-refractivity contribution in [2.45, 2.75) is 65.2 Å². The third-order valence-corrected chi connectivity index (χ3v) is 7.71. The molecule has 4 aliphatic rings. The number of Topliss-reactive ketones (excluding diaryl/α,β-unsaturated/α-hetero) is 1. The summed E-state index contributed by atoms with van der Waals surface area (Å²) in [5.41, 5.74) is 0.801. The zero-order valence-electron chi connectivity index (χ0n) is 13.0. The second-order valence-corrected chi connectivity index (χ2v) is 8.54. The molecule has 0 amide bonds. The van der Waals surface area contributed by atoms with Gasteiger partial charge >= 0.3 is 0 Å². The first kappa shape index (κ1) is 13.1. The molecule has 3 fully saturated rings. The first-order valence-corrected chi connectivity index (χ1v) is 8.75. The van der Waals surface area contributed by atoms with E-state index in [0.717, 1.165) is 12.8 Å². The van der Waals surface area contributed by atoms with E-state index in [-0.39, 0.29) is 0 Å². The molecule has 0 aromatic carbocycles. The fourth-order valence-corrected chi connectivity index (χ4v) is 6.45. The van der Waals surface area contributed by atoms with Crippen molar-refractivity contribution in [2.24, 2.45) is 34.5 Å². The Balaban J connectivity index is 1.71. The van der Waals surface area contributed by atoms with Crippen molar-refractivity contribution in [3.05, 3.63) is 12.2 Å². The average molecular weight is 272 g/mol. The second-order valence-electron chi connectivity index (χ2n) is 8.54. The summed E-state index contributed by atoms with van der Waals surface area (Å²) >= 11 is 0. The normalized spacial score (nSPS) is 54.2. The highest BCUT2D eigenvalue weighted by molar-refractivity contribution is 5.83. The lowest BCUT2D eigenvalue weighted by Gasteiger charge is -2.58. The lowest BCUT2D eigenvalue weighted by atomic mass is 9.45. The molecular formula is C19H28O. The van der Waals surface area contributed by atoms with Gasteiger partial charge in [-0.15, -0.1) is 0 Å². The SMILES string of the molecule is C[C@@]12C=CC[C@H]1[C@@H]1C(=O)CC3CCCC[C@]3(C)[C@H]1CC2. The van der Waals surface area contributed by atoms with E-state index in [1.807, 2.05) is 0 Å². The van der Waals surface area contributed by atoms with Crippen molar-refractivity contribution in [2.75, 3.05) is 0 Å². The Morgan fingerprint density at radius 3 is 2.80 bits per heavy atom. The highest BCUT2D eigenvalue weighted by atomic mass is 16.1. The van der Waals surface area contributed by atoms with Crippen LogP contribution >= 0.6 is 0 Å². The zero-order valence-corrected chi connectivity index (χ0v) is 13.0. The van der Waals surface area contributed by atoms with Gasteiger partial charge in [-0.3, -0.25) is 4.79 Å². The van der Waals surface area contributed by atoms with Crippen LogP contribution in [0.1, 0.15) is 65.2 Å². The van der Waals surface area contributed by atoms with Crippen molar-refractivity contribution in [3.63, 3.8) is 0 Å². The van der Waals surface area contributed by atoms with Crippen LogP contribution in [0, 0.1) is 34.5 Å². The highest BCUT2D eigenvalue weighted by Crippen LogP contribution is 2.63. The summed E-state index contributed by atoms with van der Waals surface area (Å²) in [6.45, 7) is 4.94. The maximum Gasteiger partial charge on any atom is 0.136 e. The van der Waals surface area contributed by atoms with E-state index in [2.05, 4.69) is 26.0 Å². The molecule has 0 spiro atoms. The Bertz CT molecular complexity index is 464. The van der Waals surface area contributed by atoms with Crippen molar-refractivity contribution in [3.8, 4) is 0 Å². The van der Waals surface area contributed by atoms with Gasteiger partial charge in [0.25, 0.3) is 0 Å². The number of rotatable bonds is 0. The Morgan fingerprint density at radius 2 is 1.95 bits per heavy atom. The van der Waals surface area contributed by atoms with E-state index < -0.39 is 0 Å². The molecule has 0 heterocycles. The molecule has 0 aromatic rings. The molecule has 0 N–H and O–H groups in total. The Hall–Kier alpha value is -0.590. The molecule has 0 saturated heterocycles. The number of hydrogen-bond acceptors (Lipinski definition) is 1. The smallest absolute Gasteiger partial charge is 0.136 e. The summed E-state index contributed by atoms with van der Waals surface area (Å²) in [5, 5.41) is 0. The van der Waals surface area contributed by atoms with Crippen molar-refractivity contribution in [1.82, 2.24) is 0 Å². The molecular weight excluding hydrogens is 244 g/mol. The minimum Gasteiger partial charge on any atom is -0.299 e. The van der Waals surface area contributed by atoms with Gasteiger partial charge in [-0.1, -0.05) is 38.8 Å². The van der Waals surface area contributed by atoms with Gasteiger partial charge in [0.2, 0.25) is 0 Å². The second kappa shape index (κ2) is 4.21. The van der Waals surface area contributed by atoms with Crippen LogP contribution in [-0.2, 0) is 4.79 Å². The lowest BCUT2D eigenvalue weighted by Crippen LogP contribution is -2.55. The fraction of sp³-hybridized carbons (Fsp3) is 0.842. The quantitative estimate of drug-likeness (QED) is 0.581. The molecule has 1 heteroatoms. The maximum atomic E-state index is 12.9. The Morgan fingerprint density at radius 1 is 1.10 bits per heavy atom. The topological polar surface area (TPSA) is 17.1 Å².